The van der Waals surface area contributed by atoms with E-state index in [0.29, 0.717) is 0 Å². The van der Waals surface area contributed by atoms with Crippen LogP contribution in [0, 0.1) is 0 Å². The standard InChI is InChI=1S/C5H9F3O2S/c1-4(2,3)9-10-11-5(6,7)8/h1-3H3. The van der Waals surface area contributed by atoms with Crippen LogP contribution in [0.4, 0.5) is 13.2 Å². The molecule has 0 amide bonds. The van der Waals surface area contributed by atoms with Crippen LogP contribution in [0.3, 0.4) is 0 Å². The van der Waals surface area contributed by atoms with Gasteiger partial charge in [0.2, 0.25) is 0 Å². The second-order valence-corrected chi connectivity index (χ2v) is 3.56. The first kappa shape index (κ1) is 11.1. The predicted molar refractivity (Wildman–Crippen MR) is 35.6 cm³/mol. The molecule has 0 aromatic heterocycles. The summed E-state index contributed by atoms with van der Waals surface area (Å²) < 4.78 is 38.0. The van der Waals surface area contributed by atoms with Gasteiger partial charge in [-0.15, -0.1) is 0 Å². The molecule has 0 radical (unpaired) electrons. The maximum atomic E-state index is 11.4. The quantitative estimate of drug-likeness (QED) is 0.379. The van der Waals surface area contributed by atoms with Crippen LogP contribution in [0.5, 0.6) is 0 Å². The van der Waals surface area contributed by atoms with Crippen LogP contribution >= 0.6 is 12.0 Å². The molecule has 0 fully saturated rings. The first-order valence-electron chi connectivity index (χ1n) is 2.81. The fourth-order valence-corrected chi connectivity index (χ4v) is 0.473. The van der Waals surface area contributed by atoms with E-state index >= 15 is 0 Å². The first-order chi connectivity index (χ1) is 4.71. The lowest BCUT2D eigenvalue weighted by atomic mass is 10.2. The number of rotatable bonds is 2. The Morgan fingerprint density at radius 3 is 1.82 bits per heavy atom. The van der Waals surface area contributed by atoms with Crippen molar-refractivity contribution in [3.63, 3.8) is 0 Å². The average Bonchev–Trinajstić information content (AvgIpc) is 1.55. The molecule has 0 bridgehead atoms. The van der Waals surface area contributed by atoms with Crippen LogP contribution in [-0.4, -0.2) is 11.1 Å². The van der Waals surface area contributed by atoms with Gasteiger partial charge < -0.3 is 0 Å². The minimum Gasteiger partial charge on any atom is -0.218 e. The fourth-order valence-electron chi connectivity index (χ4n) is 0.158. The Hall–Kier alpha value is 0.0600. The summed E-state index contributed by atoms with van der Waals surface area (Å²) >= 11 is -0.662. The van der Waals surface area contributed by atoms with Crippen molar-refractivity contribution in [3.05, 3.63) is 0 Å². The maximum absolute atomic E-state index is 11.4. The molecule has 0 saturated heterocycles. The average molecular weight is 190 g/mol. The van der Waals surface area contributed by atoms with Gasteiger partial charge in [0.1, 0.15) is 12.0 Å². The molecule has 0 aliphatic heterocycles. The minimum absolute atomic E-state index is 0.662. The summed E-state index contributed by atoms with van der Waals surface area (Å²) in [5.41, 5.74) is -5.14. The van der Waals surface area contributed by atoms with Gasteiger partial charge in [0.05, 0.1) is 5.60 Å². The zero-order chi connectivity index (χ0) is 9.12. The molecule has 0 N–H and O–H groups in total. The lowest BCUT2D eigenvalue weighted by molar-refractivity contribution is -0.267. The number of hydrogen-bond donors (Lipinski definition) is 0. The highest BCUT2D eigenvalue weighted by molar-refractivity contribution is 7.95. The number of halogens is 3. The summed E-state index contributed by atoms with van der Waals surface area (Å²) in [5.74, 6) is 0. The van der Waals surface area contributed by atoms with E-state index in [4.69, 9.17) is 0 Å². The van der Waals surface area contributed by atoms with Crippen LogP contribution in [0.1, 0.15) is 20.8 Å². The Kier molecular flexibility index (Phi) is 3.66. The Labute approximate surface area is 67.2 Å². The summed E-state index contributed by atoms with van der Waals surface area (Å²) in [4.78, 5) is 4.35. The summed E-state index contributed by atoms with van der Waals surface area (Å²) in [5, 5.41) is 0. The highest BCUT2D eigenvalue weighted by Crippen LogP contribution is 2.32. The molecule has 11 heavy (non-hydrogen) atoms. The van der Waals surface area contributed by atoms with Gasteiger partial charge in [-0.2, -0.15) is 17.5 Å². The second-order valence-electron chi connectivity index (χ2n) is 2.79. The Balaban J connectivity index is 3.44. The third-order valence-electron chi connectivity index (χ3n) is 0.413. The van der Waals surface area contributed by atoms with Crippen LogP contribution in [-0.2, 0) is 9.22 Å². The van der Waals surface area contributed by atoms with E-state index in [0.717, 1.165) is 0 Å². The van der Waals surface area contributed by atoms with Crippen LogP contribution < -0.4 is 0 Å². The summed E-state index contributed by atoms with van der Waals surface area (Å²) in [6, 6.07) is 0. The minimum atomic E-state index is -4.41. The predicted octanol–water partition coefficient (Wildman–Crippen LogP) is 2.90. The zero-order valence-electron chi connectivity index (χ0n) is 6.36. The first-order valence-corrected chi connectivity index (χ1v) is 3.55. The molecule has 0 saturated carbocycles. The fraction of sp³-hybridized carbons (Fsp3) is 1.00. The summed E-state index contributed by atoms with van der Waals surface area (Å²) in [7, 11) is 0. The van der Waals surface area contributed by atoms with E-state index in [2.05, 4.69) is 9.22 Å². The lowest BCUT2D eigenvalue weighted by Gasteiger charge is -2.16. The molecule has 0 unspecified atom stereocenters. The van der Waals surface area contributed by atoms with Crippen molar-refractivity contribution in [1.82, 2.24) is 0 Å². The van der Waals surface area contributed by atoms with Gasteiger partial charge in [-0.05, 0) is 20.8 Å². The van der Waals surface area contributed by atoms with Gasteiger partial charge in [0.25, 0.3) is 0 Å². The highest BCUT2D eigenvalue weighted by Gasteiger charge is 2.31. The summed E-state index contributed by atoms with van der Waals surface area (Å²) in [6.07, 6.45) is 0. The molecule has 6 heteroatoms. The van der Waals surface area contributed by atoms with Gasteiger partial charge in [0.15, 0.2) is 0 Å². The summed E-state index contributed by atoms with van der Waals surface area (Å²) in [6.45, 7) is 4.76. The van der Waals surface area contributed by atoms with E-state index < -0.39 is 23.2 Å². The van der Waals surface area contributed by atoms with Crippen LogP contribution in [0.25, 0.3) is 0 Å². The topological polar surface area (TPSA) is 18.5 Å². The zero-order valence-corrected chi connectivity index (χ0v) is 7.18. The molecule has 0 aliphatic rings. The second kappa shape index (κ2) is 3.64. The number of alkyl halides is 3. The third kappa shape index (κ3) is 10.1. The molecule has 0 atom stereocenters. The van der Waals surface area contributed by atoms with E-state index in [1.807, 2.05) is 0 Å². The van der Waals surface area contributed by atoms with Crippen molar-refractivity contribution in [3.8, 4) is 0 Å². The van der Waals surface area contributed by atoms with Crippen LogP contribution in [0.15, 0.2) is 0 Å². The third-order valence-corrected chi connectivity index (χ3v) is 0.738. The molecule has 0 aromatic carbocycles. The van der Waals surface area contributed by atoms with Crippen molar-refractivity contribution < 1.29 is 22.4 Å². The van der Waals surface area contributed by atoms with Crippen molar-refractivity contribution in [1.29, 1.82) is 0 Å². The normalized spacial score (nSPS) is 13.6. The molecule has 0 aromatic rings. The van der Waals surface area contributed by atoms with Crippen molar-refractivity contribution in [2.75, 3.05) is 0 Å². The van der Waals surface area contributed by atoms with Gasteiger partial charge in [0, 0.05) is 0 Å². The van der Waals surface area contributed by atoms with Crippen molar-refractivity contribution in [2.24, 2.45) is 0 Å². The molecule has 0 aliphatic carbocycles. The molecular formula is C5H9F3O2S. The van der Waals surface area contributed by atoms with E-state index in [-0.39, 0.29) is 0 Å². The van der Waals surface area contributed by atoms with Gasteiger partial charge >= 0.3 is 5.51 Å². The molecule has 0 rings (SSSR count). The Morgan fingerprint density at radius 2 is 1.55 bits per heavy atom. The SMILES string of the molecule is CC(C)(C)OOSC(F)(F)F. The van der Waals surface area contributed by atoms with Gasteiger partial charge in [-0.1, -0.05) is 0 Å². The van der Waals surface area contributed by atoms with E-state index in [1.165, 1.54) is 0 Å². The van der Waals surface area contributed by atoms with Crippen LogP contribution in [0.2, 0.25) is 0 Å². The highest BCUT2D eigenvalue weighted by atomic mass is 32.2. The van der Waals surface area contributed by atoms with Crippen molar-refractivity contribution in [2.45, 2.75) is 31.9 Å². The lowest BCUT2D eigenvalue weighted by Crippen LogP contribution is -2.18. The molecule has 0 heterocycles. The molecule has 68 valence electrons. The monoisotopic (exact) mass is 190 g/mol. The van der Waals surface area contributed by atoms with E-state index in [9.17, 15) is 13.2 Å². The Morgan fingerprint density at radius 1 is 1.09 bits per heavy atom. The Bertz CT molecular complexity index is 104. The molecular weight excluding hydrogens is 181 g/mol. The van der Waals surface area contributed by atoms with E-state index in [1.54, 1.807) is 20.8 Å². The smallest absolute Gasteiger partial charge is 0.218 e. The molecule has 0 spiro atoms. The number of hydrogen-bond acceptors (Lipinski definition) is 3. The van der Waals surface area contributed by atoms with Gasteiger partial charge in [-0.25, -0.2) is 4.89 Å². The van der Waals surface area contributed by atoms with Crippen molar-refractivity contribution >= 4 is 12.0 Å². The molecule has 2 nitrogen and oxygen atoms in total. The largest absolute Gasteiger partial charge is 0.470 e. The maximum Gasteiger partial charge on any atom is 0.470 e. The van der Waals surface area contributed by atoms with Gasteiger partial charge in [-0.3, -0.25) is 0 Å².